The summed E-state index contributed by atoms with van der Waals surface area (Å²) in [5, 5.41) is 3.24. The van der Waals surface area contributed by atoms with Gasteiger partial charge in [-0.05, 0) is 31.2 Å². The summed E-state index contributed by atoms with van der Waals surface area (Å²) >= 11 is 5.71. The van der Waals surface area contributed by atoms with Crippen LogP contribution < -0.4 is 5.32 Å². The summed E-state index contributed by atoms with van der Waals surface area (Å²) < 4.78 is 0. The Bertz CT molecular complexity index is 537. The fraction of sp³-hybridized carbons (Fsp3) is 0.0769. The molecule has 1 heterocycles. The first-order valence-electron chi connectivity index (χ1n) is 5.15. The zero-order valence-electron chi connectivity index (χ0n) is 9.27. The summed E-state index contributed by atoms with van der Waals surface area (Å²) in [5.74, 6) is 0.310. The number of hydrogen-bond donors (Lipinski definition) is 1. The average Bonchev–Trinajstić information content (AvgIpc) is 2.32. The van der Waals surface area contributed by atoms with Gasteiger partial charge in [0.25, 0.3) is 5.91 Å². The first-order chi connectivity index (χ1) is 8.15. The first kappa shape index (κ1) is 11.6. The molecule has 0 saturated heterocycles. The maximum Gasteiger partial charge on any atom is 0.256 e. The Hall–Kier alpha value is -1.87. The Morgan fingerprint density at radius 3 is 2.76 bits per heavy atom. The molecule has 1 amide bonds. The third-order valence-electron chi connectivity index (χ3n) is 2.25. The molecule has 0 aliphatic rings. The molecule has 0 unspecified atom stereocenters. The van der Waals surface area contributed by atoms with Gasteiger partial charge < -0.3 is 5.32 Å². The van der Waals surface area contributed by atoms with E-state index in [0.29, 0.717) is 16.4 Å². The molecule has 4 heteroatoms. The number of anilines is 1. The number of rotatable bonds is 2. The van der Waals surface area contributed by atoms with Crippen LogP contribution in [0, 0.1) is 6.92 Å². The minimum Gasteiger partial charge on any atom is -0.307 e. The minimum absolute atomic E-state index is 0.177. The van der Waals surface area contributed by atoms with Crippen molar-refractivity contribution in [1.82, 2.24) is 4.98 Å². The van der Waals surface area contributed by atoms with Crippen molar-refractivity contribution >= 4 is 23.3 Å². The highest BCUT2D eigenvalue weighted by molar-refractivity contribution is 6.30. The summed E-state index contributed by atoms with van der Waals surface area (Å²) in [7, 11) is 0. The van der Waals surface area contributed by atoms with Gasteiger partial charge in [0.15, 0.2) is 0 Å². The second kappa shape index (κ2) is 4.97. The fourth-order valence-electron chi connectivity index (χ4n) is 1.42. The summed E-state index contributed by atoms with van der Waals surface area (Å²) in [6.45, 7) is 1.94. The van der Waals surface area contributed by atoms with Crippen LogP contribution in [-0.4, -0.2) is 10.9 Å². The van der Waals surface area contributed by atoms with E-state index in [9.17, 15) is 4.79 Å². The second-order valence-electron chi connectivity index (χ2n) is 3.69. The van der Waals surface area contributed by atoms with E-state index in [1.165, 1.54) is 6.20 Å². The molecule has 0 fully saturated rings. The Morgan fingerprint density at radius 1 is 1.29 bits per heavy atom. The number of aromatic nitrogens is 1. The van der Waals surface area contributed by atoms with Crippen molar-refractivity contribution < 1.29 is 4.79 Å². The SMILES string of the molecule is Cc1cccc(C(=O)Nc2ccc(Cl)cn2)c1. The van der Waals surface area contributed by atoms with E-state index in [0.717, 1.165) is 5.56 Å². The van der Waals surface area contributed by atoms with Crippen LogP contribution in [-0.2, 0) is 0 Å². The molecule has 2 aromatic rings. The van der Waals surface area contributed by atoms with Crippen LogP contribution >= 0.6 is 11.6 Å². The Balaban J connectivity index is 2.14. The molecule has 0 bridgehead atoms. The van der Waals surface area contributed by atoms with Gasteiger partial charge in [-0.15, -0.1) is 0 Å². The third-order valence-corrected chi connectivity index (χ3v) is 2.47. The molecule has 0 spiro atoms. The smallest absolute Gasteiger partial charge is 0.256 e. The highest BCUT2D eigenvalue weighted by Crippen LogP contribution is 2.11. The van der Waals surface area contributed by atoms with Crippen molar-refractivity contribution in [3.63, 3.8) is 0 Å². The lowest BCUT2D eigenvalue weighted by atomic mass is 10.1. The van der Waals surface area contributed by atoms with Crippen LogP contribution in [0.3, 0.4) is 0 Å². The molecule has 0 saturated carbocycles. The van der Waals surface area contributed by atoms with Gasteiger partial charge in [0.1, 0.15) is 5.82 Å². The maximum atomic E-state index is 11.9. The molecule has 0 aliphatic carbocycles. The van der Waals surface area contributed by atoms with Gasteiger partial charge in [-0.2, -0.15) is 0 Å². The zero-order valence-corrected chi connectivity index (χ0v) is 10.0. The van der Waals surface area contributed by atoms with Crippen LogP contribution in [0.25, 0.3) is 0 Å². The zero-order chi connectivity index (χ0) is 12.3. The molecule has 86 valence electrons. The van der Waals surface area contributed by atoms with E-state index in [-0.39, 0.29) is 5.91 Å². The van der Waals surface area contributed by atoms with E-state index in [1.807, 2.05) is 25.1 Å². The molecule has 17 heavy (non-hydrogen) atoms. The lowest BCUT2D eigenvalue weighted by molar-refractivity contribution is 0.102. The molecular weight excluding hydrogens is 236 g/mol. The lowest BCUT2D eigenvalue weighted by Gasteiger charge is -2.04. The van der Waals surface area contributed by atoms with Gasteiger partial charge in [-0.1, -0.05) is 29.3 Å². The first-order valence-corrected chi connectivity index (χ1v) is 5.52. The number of amides is 1. The van der Waals surface area contributed by atoms with E-state index in [4.69, 9.17) is 11.6 Å². The summed E-state index contributed by atoms with van der Waals surface area (Å²) in [6.07, 6.45) is 1.49. The number of carbonyl (C=O) groups excluding carboxylic acids is 1. The second-order valence-corrected chi connectivity index (χ2v) is 4.12. The van der Waals surface area contributed by atoms with Gasteiger partial charge >= 0.3 is 0 Å². The number of aryl methyl sites for hydroxylation is 1. The van der Waals surface area contributed by atoms with Gasteiger partial charge in [-0.25, -0.2) is 4.98 Å². The van der Waals surface area contributed by atoms with Crippen molar-refractivity contribution in [1.29, 1.82) is 0 Å². The lowest BCUT2D eigenvalue weighted by Crippen LogP contribution is -2.12. The number of pyridine rings is 1. The normalized spacial score (nSPS) is 10.0. The molecule has 0 atom stereocenters. The molecule has 3 nitrogen and oxygen atoms in total. The van der Waals surface area contributed by atoms with E-state index >= 15 is 0 Å². The third kappa shape index (κ3) is 3.04. The van der Waals surface area contributed by atoms with Crippen molar-refractivity contribution in [3.8, 4) is 0 Å². The number of halogens is 1. The summed E-state index contributed by atoms with van der Waals surface area (Å²) in [5.41, 5.74) is 1.66. The number of nitrogens with one attached hydrogen (secondary N) is 1. The highest BCUT2D eigenvalue weighted by Gasteiger charge is 2.06. The largest absolute Gasteiger partial charge is 0.307 e. The number of benzene rings is 1. The predicted molar refractivity (Wildman–Crippen MR) is 68.4 cm³/mol. The Morgan fingerprint density at radius 2 is 2.12 bits per heavy atom. The standard InChI is InChI=1S/C13H11ClN2O/c1-9-3-2-4-10(7-9)13(17)16-12-6-5-11(14)8-15-12/h2-8H,1H3,(H,15,16,17). The summed E-state index contributed by atoms with van der Waals surface area (Å²) in [6, 6.07) is 10.7. The van der Waals surface area contributed by atoms with E-state index in [1.54, 1.807) is 18.2 Å². The molecule has 1 aromatic heterocycles. The topological polar surface area (TPSA) is 42.0 Å². The highest BCUT2D eigenvalue weighted by atomic mass is 35.5. The van der Waals surface area contributed by atoms with Gasteiger partial charge in [-0.3, -0.25) is 4.79 Å². The maximum absolute atomic E-state index is 11.9. The van der Waals surface area contributed by atoms with Crippen LogP contribution in [0.15, 0.2) is 42.6 Å². The predicted octanol–water partition coefficient (Wildman–Crippen LogP) is 3.30. The van der Waals surface area contributed by atoms with Crippen molar-refractivity contribution in [2.75, 3.05) is 5.32 Å². The minimum atomic E-state index is -0.177. The van der Waals surface area contributed by atoms with Gasteiger partial charge in [0.05, 0.1) is 5.02 Å². The Kier molecular flexibility index (Phi) is 3.40. The van der Waals surface area contributed by atoms with Gasteiger partial charge in [0, 0.05) is 11.8 Å². The molecule has 2 rings (SSSR count). The molecule has 0 aliphatic heterocycles. The molecule has 1 aromatic carbocycles. The monoisotopic (exact) mass is 246 g/mol. The Labute approximate surface area is 104 Å². The average molecular weight is 247 g/mol. The number of nitrogens with zero attached hydrogens (tertiary/aromatic N) is 1. The molecular formula is C13H11ClN2O. The van der Waals surface area contributed by atoms with E-state index < -0.39 is 0 Å². The number of hydrogen-bond acceptors (Lipinski definition) is 2. The van der Waals surface area contributed by atoms with Gasteiger partial charge in [0.2, 0.25) is 0 Å². The van der Waals surface area contributed by atoms with Crippen LogP contribution in [0.1, 0.15) is 15.9 Å². The quantitative estimate of drug-likeness (QED) is 0.884. The van der Waals surface area contributed by atoms with Crippen LogP contribution in [0.4, 0.5) is 5.82 Å². The molecule has 0 radical (unpaired) electrons. The number of carbonyl (C=O) groups is 1. The summed E-state index contributed by atoms with van der Waals surface area (Å²) in [4.78, 5) is 15.9. The van der Waals surface area contributed by atoms with Crippen LogP contribution in [0.5, 0.6) is 0 Å². The van der Waals surface area contributed by atoms with E-state index in [2.05, 4.69) is 10.3 Å². The van der Waals surface area contributed by atoms with Crippen molar-refractivity contribution in [2.45, 2.75) is 6.92 Å². The molecule has 1 N–H and O–H groups in total. The fourth-order valence-corrected chi connectivity index (χ4v) is 1.54. The van der Waals surface area contributed by atoms with Crippen molar-refractivity contribution in [2.24, 2.45) is 0 Å². The van der Waals surface area contributed by atoms with Crippen LogP contribution in [0.2, 0.25) is 5.02 Å². The van der Waals surface area contributed by atoms with Crippen molar-refractivity contribution in [3.05, 3.63) is 58.7 Å².